The molecule has 4 heteroatoms. The largest absolute Gasteiger partial charge is 0.449 e. The van der Waals surface area contributed by atoms with Gasteiger partial charge in [0.15, 0.2) is 0 Å². The number of carbonyl (C=O) groups excluding carboxylic acids is 1. The zero-order valence-corrected chi connectivity index (χ0v) is 12.3. The van der Waals surface area contributed by atoms with E-state index in [0.29, 0.717) is 6.61 Å². The molecule has 1 N–H and O–H groups in total. The maximum atomic E-state index is 11.3. The van der Waals surface area contributed by atoms with E-state index in [1.54, 1.807) is 0 Å². The SMILES string of the molecule is Cl.O=C1N[C@@H](c2ccc3c(c2)Cc2ccccc2-3)CCO1. The molecule has 0 saturated carbocycles. The summed E-state index contributed by atoms with van der Waals surface area (Å²) >= 11 is 0. The van der Waals surface area contributed by atoms with Crippen molar-refractivity contribution >= 4 is 18.5 Å². The Morgan fingerprint density at radius 1 is 1.05 bits per heavy atom. The Morgan fingerprint density at radius 2 is 1.86 bits per heavy atom. The second-order valence-corrected chi connectivity index (χ2v) is 5.37. The summed E-state index contributed by atoms with van der Waals surface area (Å²) in [5.41, 5.74) is 6.57. The van der Waals surface area contributed by atoms with Gasteiger partial charge in [0, 0.05) is 6.42 Å². The van der Waals surface area contributed by atoms with Crippen molar-refractivity contribution in [1.82, 2.24) is 5.32 Å². The fourth-order valence-electron chi connectivity index (χ4n) is 3.16. The maximum Gasteiger partial charge on any atom is 0.407 e. The van der Waals surface area contributed by atoms with Gasteiger partial charge in [0.1, 0.15) is 0 Å². The summed E-state index contributed by atoms with van der Waals surface area (Å²) in [6.07, 6.45) is 1.50. The molecule has 1 amide bonds. The van der Waals surface area contributed by atoms with Gasteiger partial charge in [-0.05, 0) is 34.2 Å². The van der Waals surface area contributed by atoms with Gasteiger partial charge >= 0.3 is 6.09 Å². The van der Waals surface area contributed by atoms with E-state index in [-0.39, 0.29) is 24.5 Å². The van der Waals surface area contributed by atoms with E-state index in [9.17, 15) is 4.79 Å². The first-order valence-corrected chi connectivity index (χ1v) is 6.96. The molecule has 2 aliphatic rings. The normalized spacial score (nSPS) is 18.9. The molecule has 0 unspecified atom stereocenters. The number of ether oxygens (including phenoxy) is 1. The molecule has 108 valence electrons. The van der Waals surface area contributed by atoms with Crippen molar-refractivity contribution in [3.63, 3.8) is 0 Å². The molecule has 21 heavy (non-hydrogen) atoms. The van der Waals surface area contributed by atoms with Gasteiger partial charge in [-0.15, -0.1) is 12.4 Å². The second kappa shape index (κ2) is 5.41. The Morgan fingerprint density at radius 3 is 2.71 bits per heavy atom. The molecular formula is C17H16ClNO2. The monoisotopic (exact) mass is 301 g/mol. The number of cyclic esters (lactones) is 1. The van der Waals surface area contributed by atoms with Gasteiger partial charge in [0.05, 0.1) is 12.6 Å². The lowest BCUT2D eigenvalue weighted by atomic mass is 9.98. The molecule has 0 radical (unpaired) electrons. The number of hydrogen-bond acceptors (Lipinski definition) is 2. The highest BCUT2D eigenvalue weighted by Crippen LogP contribution is 2.37. The Bertz CT molecular complexity index is 699. The van der Waals surface area contributed by atoms with Crippen LogP contribution in [0.15, 0.2) is 42.5 Å². The van der Waals surface area contributed by atoms with Gasteiger partial charge in [-0.3, -0.25) is 0 Å². The smallest absolute Gasteiger partial charge is 0.407 e. The number of rotatable bonds is 1. The molecule has 1 saturated heterocycles. The summed E-state index contributed by atoms with van der Waals surface area (Å²) in [6.45, 7) is 0.494. The second-order valence-electron chi connectivity index (χ2n) is 5.37. The fraction of sp³-hybridized carbons (Fsp3) is 0.235. The molecule has 1 fully saturated rings. The molecular weight excluding hydrogens is 286 g/mol. The highest BCUT2D eigenvalue weighted by atomic mass is 35.5. The highest BCUT2D eigenvalue weighted by molar-refractivity contribution is 5.85. The van der Waals surface area contributed by atoms with Gasteiger partial charge in [-0.2, -0.15) is 0 Å². The molecule has 2 aromatic rings. The number of nitrogens with one attached hydrogen (secondary N) is 1. The lowest BCUT2D eigenvalue weighted by molar-refractivity contribution is 0.115. The minimum atomic E-state index is -0.315. The third-order valence-corrected chi connectivity index (χ3v) is 4.15. The number of halogens is 1. The van der Waals surface area contributed by atoms with Crippen LogP contribution in [0.25, 0.3) is 11.1 Å². The summed E-state index contributed by atoms with van der Waals surface area (Å²) in [5.74, 6) is 0. The number of amides is 1. The quantitative estimate of drug-likeness (QED) is 0.741. The molecule has 0 spiro atoms. The van der Waals surface area contributed by atoms with Crippen LogP contribution in [0.1, 0.15) is 29.2 Å². The summed E-state index contributed by atoms with van der Waals surface area (Å²) in [6, 6.07) is 15.1. The number of alkyl carbamates (subject to hydrolysis) is 1. The molecule has 2 aromatic carbocycles. The molecule has 1 atom stereocenters. The van der Waals surface area contributed by atoms with Gasteiger partial charge in [-0.1, -0.05) is 42.5 Å². The summed E-state index contributed by atoms with van der Waals surface area (Å²) in [4.78, 5) is 11.3. The van der Waals surface area contributed by atoms with E-state index in [4.69, 9.17) is 4.74 Å². The minimum Gasteiger partial charge on any atom is -0.449 e. The van der Waals surface area contributed by atoms with Crippen LogP contribution < -0.4 is 5.32 Å². The molecule has 0 aromatic heterocycles. The van der Waals surface area contributed by atoms with Crippen LogP contribution in [0.5, 0.6) is 0 Å². The van der Waals surface area contributed by atoms with E-state index in [1.807, 2.05) is 0 Å². The third-order valence-electron chi connectivity index (χ3n) is 4.15. The average Bonchev–Trinajstić information content (AvgIpc) is 2.85. The standard InChI is InChI=1S/C17H15NO2.ClH/c19-17-18-16(7-8-20-17)12-5-6-15-13(10-12)9-11-3-1-2-4-14(11)15;/h1-6,10,16H,7-9H2,(H,18,19);1H/t16-;/m1./s1. The Labute approximate surface area is 129 Å². The van der Waals surface area contributed by atoms with Crippen molar-refractivity contribution in [2.24, 2.45) is 0 Å². The Kier molecular flexibility index (Phi) is 3.60. The zero-order chi connectivity index (χ0) is 13.5. The van der Waals surface area contributed by atoms with E-state index < -0.39 is 0 Å². The van der Waals surface area contributed by atoms with Crippen LogP contribution in [-0.4, -0.2) is 12.7 Å². The molecule has 1 aliphatic carbocycles. The van der Waals surface area contributed by atoms with Crippen molar-refractivity contribution < 1.29 is 9.53 Å². The highest BCUT2D eigenvalue weighted by Gasteiger charge is 2.23. The molecule has 1 heterocycles. The van der Waals surface area contributed by atoms with E-state index >= 15 is 0 Å². The number of fused-ring (bicyclic) bond motifs is 3. The van der Waals surface area contributed by atoms with Crippen LogP contribution in [0.4, 0.5) is 4.79 Å². The number of hydrogen-bond donors (Lipinski definition) is 1. The summed E-state index contributed by atoms with van der Waals surface area (Å²) in [5, 5.41) is 2.88. The molecule has 4 rings (SSSR count). The molecule has 1 aliphatic heterocycles. The van der Waals surface area contributed by atoms with Crippen molar-refractivity contribution in [2.45, 2.75) is 18.9 Å². The van der Waals surface area contributed by atoms with Gasteiger partial charge < -0.3 is 10.1 Å². The van der Waals surface area contributed by atoms with Crippen LogP contribution >= 0.6 is 12.4 Å². The molecule has 0 bridgehead atoms. The van der Waals surface area contributed by atoms with Crippen LogP contribution in [0.2, 0.25) is 0 Å². The molecule has 3 nitrogen and oxygen atoms in total. The summed E-state index contributed by atoms with van der Waals surface area (Å²) in [7, 11) is 0. The van der Waals surface area contributed by atoms with Crippen molar-refractivity contribution in [3.8, 4) is 11.1 Å². The minimum absolute atomic E-state index is 0. The van der Waals surface area contributed by atoms with E-state index in [1.165, 1.54) is 27.8 Å². The van der Waals surface area contributed by atoms with Crippen LogP contribution in [-0.2, 0) is 11.2 Å². The number of benzene rings is 2. The Balaban J connectivity index is 0.00000132. The number of carbonyl (C=O) groups is 1. The Hall–Kier alpha value is -2.00. The van der Waals surface area contributed by atoms with Crippen molar-refractivity contribution in [1.29, 1.82) is 0 Å². The first kappa shape index (κ1) is 14.0. The predicted molar refractivity (Wildman–Crippen MR) is 83.8 cm³/mol. The lowest BCUT2D eigenvalue weighted by Crippen LogP contribution is -2.35. The first-order valence-electron chi connectivity index (χ1n) is 6.96. The van der Waals surface area contributed by atoms with Crippen LogP contribution in [0.3, 0.4) is 0 Å². The van der Waals surface area contributed by atoms with Crippen molar-refractivity contribution in [3.05, 3.63) is 59.2 Å². The van der Waals surface area contributed by atoms with Gasteiger partial charge in [0.2, 0.25) is 0 Å². The van der Waals surface area contributed by atoms with E-state index in [0.717, 1.165) is 12.8 Å². The van der Waals surface area contributed by atoms with Gasteiger partial charge in [-0.25, -0.2) is 4.79 Å². The third kappa shape index (κ3) is 2.38. The predicted octanol–water partition coefficient (Wildman–Crippen LogP) is 3.85. The zero-order valence-electron chi connectivity index (χ0n) is 11.5. The topological polar surface area (TPSA) is 38.3 Å². The summed E-state index contributed by atoms with van der Waals surface area (Å²) < 4.78 is 4.92. The van der Waals surface area contributed by atoms with Crippen LogP contribution in [0, 0.1) is 0 Å². The van der Waals surface area contributed by atoms with E-state index in [2.05, 4.69) is 47.8 Å². The average molecular weight is 302 g/mol. The maximum absolute atomic E-state index is 11.3. The fourth-order valence-corrected chi connectivity index (χ4v) is 3.16. The van der Waals surface area contributed by atoms with Gasteiger partial charge in [0.25, 0.3) is 0 Å². The van der Waals surface area contributed by atoms with Crippen molar-refractivity contribution in [2.75, 3.05) is 6.61 Å². The lowest BCUT2D eigenvalue weighted by Gasteiger charge is -2.24. The first-order chi connectivity index (χ1) is 9.81.